The van der Waals surface area contributed by atoms with Crippen LogP contribution in [0, 0.1) is 6.92 Å². The van der Waals surface area contributed by atoms with Crippen molar-refractivity contribution < 1.29 is 4.74 Å². The van der Waals surface area contributed by atoms with Gasteiger partial charge in [-0.05, 0) is 43.2 Å². The van der Waals surface area contributed by atoms with Crippen LogP contribution in [-0.4, -0.2) is 11.6 Å². The maximum Gasteiger partial charge on any atom is 0.0734 e. The quantitative estimate of drug-likeness (QED) is 0.852. The van der Waals surface area contributed by atoms with Gasteiger partial charge in [0.15, 0.2) is 0 Å². The minimum Gasteiger partial charge on any atom is -0.377 e. The van der Waals surface area contributed by atoms with Crippen molar-refractivity contribution >= 4 is 26.8 Å². The van der Waals surface area contributed by atoms with Crippen molar-refractivity contribution in [2.24, 2.45) is 0 Å². The second-order valence-corrected chi connectivity index (χ2v) is 4.62. The number of pyridine rings is 1. The van der Waals surface area contributed by atoms with Gasteiger partial charge in [0.1, 0.15) is 0 Å². The van der Waals surface area contributed by atoms with E-state index in [1.165, 1.54) is 10.9 Å². The average molecular weight is 280 g/mol. The summed E-state index contributed by atoms with van der Waals surface area (Å²) in [6.45, 7) is 5.49. The number of aryl methyl sites for hydroxylation is 1. The van der Waals surface area contributed by atoms with Gasteiger partial charge in [0.2, 0.25) is 0 Å². The third kappa shape index (κ3) is 2.25. The Morgan fingerprint density at radius 2 is 2.19 bits per heavy atom. The highest BCUT2D eigenvalue weighted by Gasteiger charge is 2.05. The first-order valence-electron chi connectivity index (χ1n) is 5.34. The zero-order valence-corrected chi connectivity index (χ0v) is 11.0. The van der Waals surface area contributed by atoms with Crippen LogP contribution in [0.2, 0.25) is 0 Å². The number of rotatable bonds is 3. The summed E-state index contributed by atoms with van der Waals surface area (Å²) in [7, 11) is 0. The Hall–Kier alpha value is -0.930. The average Bonchev–Trinajstić information content (AvgIpc) is 2.29. The lowest BCUT2D eigenvalue weighted by Gasteiger charge is -2.08. The van der Waals surface area contributed by atoms with Gasteiger partial charge in [-0.15, -0.1) is 0 Å². The summed E-state index contributed by atoms with van der Waals surface area (Å²) >= 11 is 3.48. The molecule has 0 atom stereocenters. The molecule has 2 rings (SSSR count). The summed E-state index contributed by atoms with van der Waals surface area (Å²) < 4.78 is 6.51. The van der Waals surface area contributed by atoms with Gasteiger partial charge >= 0.3 is 0 Å². The molecule has 3 heteroatoms. The van der Waals surface area contributed by atoms with Crippen molar-refractivity contribution in [2.75, 3.05) is 6.61 Å². The van der Waals surface area contributed by atoms with E-state index in [4.69, 9.17) is 4.74 Å². The topological polar surface area (TPSA) is 22.1 Å². The molecule has 0 fully saturated rings. The van der Waals surface area contributed by atoms with Crippen LogP contribution in [0.4, 0.5) is 0 Å². The molecule has 16 heavy (non-hydrogen) atoms. The monoisotopic (exact) mass is 279 g/mol. The molecule has 0 spiro atoms. The highest BCUT2D eigenvalue weighted by atomic mass is 79.9. The van der Waals surface area contributed by atoms with Crippen molar-refractivity contribution in [1.82, 2.24) is 4.98 Å². The summed E-state index contributed by atoms with van der Waals surface area (Å²) in [5.74, 6) is 0. The van der Waals surface area contributed by atoms with Crippen LogP contribution in [0.5, 0.6) is 0 Å². The van der Waals surface area contributed by atoms with E-state index in [9.17, 15) is 0 Å². The predicted molar refractivity (Wildman–Crippen MR) is 69.5 cm³/mol. The first kappa shape index (κ1) is 11.6. The van der Waals surface area contributed by atoms with Crippen LogP contribution in [-0.2, 0) is 11.3 Å². The predicted octanol–water partition coefficient (Wildman–Crippen LogP) is 3.84. The van der Waals surface area contributed by atoms with Crippen LogP contribution in [0.1, 0.15) is 18.1 Å². The van der Waals surface area contributed by atoms with Crippen molar-refractivity contribution in [1.29, 1.82) is 0 Å². The Morgan fingerprint density at radius 3 is 2.94 bits per heavy atom. The van der Waals surface area contributed by atoms with Crippen LogP contribution < -0.4 is 0 Å². The number of ether oxygens (including phenoxy) is 1. The van der Waals surface area contributed by atoms with Gasteiger partial charge in [-0.2, -0.15) is 0 Å². The minimum atomic E-state index is 0.637. The molecule has 0 amide bonds. The molecule has 0 N–H and O–H groups in total. The zero-order chi connectivity index (χ0) is 11.5. The minimum absolute atomic E-state index is 0.637. The second-order valence-electron chi connectivity index (χ2n) is 3.71. The van der Waals surface area contributed by atoms with Gasteiger partial charge in [0.05, 0.1) is 12.1 Å². The first-order valence-corrected chi connectivity index (χ1v) is 6.13. The normalized spacial score (nSPS) is 10.9. The smallest absolute Gasteiger partial charge is 0.0734 e. The molecular weight excluding hydrogens is 266 g/mol. The molecule has 1 aromatic heterocycles. The van der Waals surface area contributed by atoms with Gasteiger partial charge < -0.3 is 4.74 Å². The number of hydrogen-bond acceptors (Lipinski definition) is 2. The molecule has 0 saturated carbocycles. The van der Waals surface area contributed by atoms with E-state index in [-0.39, 0.29) is 0 Å². The Kier molecular flexibility index (Phi) is 3.56. The number of nitrogens with zero attached hydrogens (tertiary/aromatic N) is 1. The second kappa shape index (κ2) is 4.93. The molecule has 0 unspecified atom stereocenters. The molecule has 1 aromatic carbocycles. The molecule has 0 radical (unpaired) electrons. The standard InChI is InChI=1S/C13H14BrNO/c1-3-16-8-10-7-15-13-5-4-11(14)6-12(13)9(10)2/h4-7H,3,8H2,1-2H3. The van der Waals surface area contributed by atoms with Crippen molar-refractivity contribution in [3.05, 3.63) is 40.0 Å². The molecule has 0 aliphatic rings. The lowest BCUT2D eigenvalue weighted by molar-refractivity contribution is 0.133. The third-order valence-electron chi connectivity index (χ3n) is 2.67. The molecule has 0 bridgehead atoms. The van der Waals surface area contributed by atoms with Gasteiger partial charge in [0, 0.05) is 22.7 Å². The summed E-state index contributed by atoms with van der Waals surface area (Å²) in [6, 6.07) is 6.14. The summed E-state index contributed by atoms with van der Waals surface area (Å²) in [6.07, 6.45) is 1.90. The Labute approximate surface area is 104 Å². The molecule has 84 valence electrons. The fraction of sp³-hybridized carbons (Fsp3) is 0.308. The fourth-order valence-electron chi connectivity index (χ4n) is 1.70. The van der Waals surface area contributed by atoms with Crippen LogP contribution in [0.15, 0.2) is 28.9 Å². The number of halogens is 1. The molecule has 2 aromatic rings. The first-order chi connectivity index (χ1) is 7.72. The van der Waals surface area contributed by atoms with Gasteiger partial charge in [-0.3, -0.25) is 4.98 Å². The molecule has 0 aliphatic carbocycles. The van der Waals surface area contributed by atoms with E-state index in [2.05, 4.69) is 33.9 Å². The largest absolute Gasteiger partial charge is 0.377 e. The maximum atomic E-state index is 5.43. The number of aromatic nitrogens is 1. The molecule has 1 heterocycles. The Bertz CT molecular complexity index is 511. The van der Waals surface area contributed by atoms with Gasteiger partial charge in [0.25, 0.3) is 0 Å². The van der Waals surface area contributed by atoms with E-state index in [1.807, 2.05) is 25.3 Å². The molecule has 0 saturated heterocycles. The lowest BCUT2D eigenvalue weighted by Crippen LogP contribution is -1.97. The van der Waals surface area contributed by atoms with Gasteiger partial charge in [-0.25, -0.2) is 0 Å². The summed E-state index contributed by atoms with van der Waals surface area (Å²) in [5.41, 5.74) is 3.44. The molecular formula is C13H14BrNO. The van der Waals surface area contributed by atoms with Crippen molar-refractivity contribution in [3.63, 3.8) is 0 Å². The lowest BCUT2D eigenvalue weighted by atomic mass is 10.1. The van der Waals surface area contributed by atoms with E-state index in [0.29, 0.717) is 6.61 Å². The van der Waals surface area contributed by atoms with E-state index >= 15 is 0 Å². The molecule has 2 nitrogen and oxygen atoms in total. The highest BCUT2D eigenvalue weighted by Crippen LogP contribution is 2.23. The SMILES string of the molecule is CCOCc1cnc2ccc(Br)cc2c1C. The number of hydrogen-bond donors (Lipinski definition) is 0. The zero-order valence-electron chi connectivity index (χ0n) is 9.46. The Balaban J connectivity index is 2.50. The third-order valence-corrected chi connectivity index (χ3v) is 3.16. The van der Waals surface area contributed by atoms with E-state index < -0.39 is 0 Å². The highest BCUT2D eigenvalue weighted by molar-refractivity contribution is 9.10. The van der Waals surface area contributed by atoms with Crippen LogP contribution in [0.3, 0.4) is 0 Å². The van der Waals surface area contributed by atoms with E-state index in [0.717, 1.165) is 22.2 Å². The maximum absolute atomic E-state index is 5.43. The molecule has 0 aliphatic heterocycles. The number of benzene rings is 1. The van der Waals surface area contributed by atoms with Crippen LogP contribution in [0.25, 0.3) is 10.9 Å². The summed E-state index contributed by atoms with van der Waals surface area (Å²) in [5, 5.41) is 1.19. The van der Waals surface area contributed by atoms with Crippen LogP contribution >= 0.6 is 15.9 Å². The number of fused-ring (bicyclic) bond motifs is 1. The Morgan fingerprint density at radius 1 is 1.38 bits per heavy atom. The van der Waals surface area contributed by atoms with E-state index in [1.54, 1.807) is 0 Å². The van der Waals surface area contributed by atoms with Gasteiger partial charge in [-0.1, -0.05) is 15.9 Å². The van der Waals surface area contributed by atoms with Crippen molar-refractivity contribution in [2.45, 2.75) is 20.5 Å². The van der Waals surface area contributed by atoms with Crippen molar-refractivity contribution in [3.8, 4) is 0 Å². The summed E-state index contributed by atoms with van der Waals surface area (Å²) in [4.78, 5) is 4.44. The fourth-order valence-corrected chi connectivity index (χ4v) is 2.06.